The summed E-state index contributed by atoms with van der Waals surface area (Å²) in [5.41, 5.74) is 6.18. The van der Waals surface area contributed by atoms with Crippen LogP contribution in [-0.4, -0.2) is 69.1 Å². The molecule has 1 saturated heterocycles. The van der Waals surface area contributed by atoms with Gasteiger partial charge in [0.05, 0.1) is 34.8 Å². The monoisotopic (exact) mass is 498 g/mol. The number of aromatic nitrogens is 4. The molecular formula is C28H30N6OS. The van der Waals surface area contributed by atoms with Gasteiger partial charge in [0, 0.05) is 44.4 Å². The second-order valence-corrected chi connectivity index (χ2v) is 11.2. The van der Waals surface area contributed by atoms with E-state index in [0.29, 0.717) is 5.25 Å². The molecule has 5 heterocycles. The summed E-state index contributed by atoms with van der Waals surface area (Å²) in [6.07, 6.45) is 2.10. The van der Waals surface area contributed by atoms with Crippen LogP contribution in [-0.2, 0) is 24.1 Å². The normalized spacial score (nSPS) is 20.0. The highest BCUT2D eigenvalue weighted by atomic mass is 32.2. The number of fused-ring (bicyclic) bond motifs is 3. The van der Waals surface area contributed by atoms with E-state index in [2.05, 4.69) is 56.8 Å². The van der Waals surface area contributed by atoms with Gasteiger partial charge in [-0.15, -0.1) is 11.8 Å². The number of imidazole rings is 1. The van der Waals surface area contributed by atoms with Crippen molar-refractivity contribution in [2.24, 2.45) is 0 Å². The summed E-state index contributed by atoms with van der Waals surface area (Å²) in [5.74, 6) is 2.71. The van der Waals surface area contributed by atoms with E-state index in [0.717, 1.165) is 87.4 Å². The molecule has 0 saturated carbocycles. The first-order chi connectivity index (χ1) is 17.7. The van der Waals surface area contributed by atoms with Gasteiger partial charge < -0.3 is 9.64 Å². The van der Waals surface area contributed by atoms with Crippen molar-refractivity contribution < 1.29 is 4.74 Å². The van der Waals surface area contributed by atoms with Crippen molar-refractivity contribution in [2.75, 3.05) is 44.3 Å². The number of morpholine rings is 1. The topological polar surface area (TPSA) is 59.3 Å². The Bertz CT molecular complexity index is 1430. The molecule has 36 heavy (non-hydrogen) atoms. The van der Waals surface area contributed by atoms with Crippen LogP contribution in [0.4, 0.5) is 5.82 Å². The summed E-state index contributed by atoms with van der Waals surface area (Å²) in [4.78, 5) is 21.4. The third-order valence-corrected chi connectivity index (χ3v) is 8.83. The molecule has 1 fully saturated rings. The number of ether oxygens (including phenoxy) is 1. The predicted molar refractivity (Wildman–Crippen MR) is 143 cm³/mol. The number of hydrogen-bond donors (Lipinski definition) is 0. The Kier molecular flexibility index (Phi) is 5.68. The smallest absolute Gasteiger partial charge is 0.237 e. The lowest BCUT2D eigenvalue weighted by Crippen LogP contribution is -2.37. The minimum atomic E-state index is 0.482. The van der Waals surface area contributed by atoms with Crippen LogP contribution in [0.1, 0.15) is 22.6 Å². The minimum absolute atomic E-state index is 0.482. The van der Waals surface area contributed by atoms with Gasteiger partial charge >= 0.3 is 0 Å². The number of anilines is 1. The molecule has 1 atom stereocenters. The molecule has 3 aliphatic rings. The van der Waals surface area contributed by atoms with Crippen molar-refractivity contribution in [3.05, 3.63) is 71.2 Å². The zero-order valence-corrected chi connectivity index (χ0v) is 21.4. The minimum Gasteiger partial charge on any atom is -0.378 e. The summed E-state index contributed by atoms with van der Waals surface area (Å²) in [6.45, 7) is 8.47. The van der Waals surface area contributed by atoms with Crippen LogP contribution in [0.5, 0.6) is 0 Å². The molecule has 3 aliphatic heterocycles. The van der Waals surface area contributed by atoms with Gasteiger partial charge in [0.1, 0.15) is 11.6 Å². The molecule has 0 aliphatic carbocycles. The zero-order chi connectivity index (χ0) is 24.1. The maximum absolute atomic E-state index is 5.66. The fourth-order valence-electron chi connectivity index (χ4n) is 5.74. The van der Waals surface area contributed by atoms with Crippen LogP contribution in [0.3, 0.4) is 0 Å². The fraction of sp³-hybridized carbons (Fsp3) is 0.393. The number of aryl methyl sites for hydroxylation is 1. The first kappa shape index (κ1) is 22.3. The lowest BCUT2D eigenvalue weighted by Gasteiger charge is -2.31. The van der Waals surface area contributed by atoms with Gasteiger partial charge in [0.2, 0.25) is 5.95 Å². The Morgan fingerprint density at radius 2 is 1.75 bits per heavy atom. The lowest BCUT2D eigenvalue weighted by atomic mass is 10.00. The second kappa shape index (κ2) is 9.18. The summed E-state index contributed by atoms with van der Waals surface area (Å²) in [7, 11) is 0. The number of thioether (sulfide) groups is 1. The first-order valence-electron chi connectivity index (χ1n) is 12.9. The number of nitrogens with zero attached hydrogens (tertiary/aromatic N) is 6. The van der Waals surface area contributed by atoms with Crippen LogP contribution < -0.4 is 4.90 Å². The standard InChI is InChI=1S/C28H30N6OS/c1-19-29-23-8-4-5-9-25(23)34(19)28-30-24-16-22(18-32-11-10-20-6-2-3-7-21(20)17-32)36-26(24)27(31-28)33-12-14-35-15-13-33/h2-9,22H,10-18H2,1H3. The molecule has 4 aromatic rings. The molecule has 0 radical (unpaired) electrons. The number of rotatable bonds is 4. The molecule has 184 valence electrons. The van der Waals surface area contributed by atoms with E-state index in [1.807, 2.05) is 24.8 Å². The number of benzene rings is 2. The molecule has 0 N–H and O–H groups in total. The second-order valence-electron chi connectivity index (χ2n) is 9.90. The van der Waals surface area contributed by atoms with Gasteiger partial charge in [-0.05, 0) is 36.6 Å². The SMILES string of the molecule is Cc1nc2ccccc2n1-c1nc2c(c(N3CCOCC3)n1)SC(CN1CCc3ccccc3C1)C2. The molecule has 2 aromatic heterocycles. The Labute approximate surface area is 215 Å². The molecule has 0 bridgehead atoms. The molecule has 7 rings (SSSR count). The van der Waals surface area contributed by atoms with E-state index in [4.69, 9.17) is 19.7 Å². The lowest BCUT2D eigenvalue weighted by molar-refractivity contribution is 0.122. The Morgan fingerprint density at radius 3 is 2.64 bits per heavy atom. The van der Waals surface area contributed by atoms with Crippen molar-refractivity contribution in [1.29, 1.82) is 0 Å². The van der Waals surface area contributed by atoms with Gasteiger partial charge in [0.15, 0.2) is 0 Å². The highest BCUT2D eigenvalue weighted by Crippen LogP contribution is 2.43. The van der Waals surface area contributed by atoms with Crippen molar-refractivity contribution in [2.45, 2.75) is 36.5 Å². The van der Waals surface area contributed by atoms with E-state index >= 15 is 0 Å². The van der Waals surface area contributed by atoms with Gasteiger partial charge in [-0.2, -0.15) is 4.98 Å². The highest BCUT2D eigenvalue weighted by molar-refractivity contribution is 8.00. The predicted octanol–water partition coefficient (Wildman–Crippen LogP) is 4.04. The van der Waals surface area contributed by atoms with Crippen LogP contribution >= 0.6 is 11.8 Å². The van der Waals surface area contributed by atoms with Crippen molar-refractivity contribution in [3.8, 4) is 5.95 Å². The van der Waals surface area contributed by atoms with Gasteiger partial charge in [-0.25, -0.2) is 9.97 Å². The Hall–Kier alpha value is -2.94. The average molecular weight is 499 g/mol. The molecule has 1 unspecified atom stereocenters. The van der Waals surface area contributed by atoms with Crippen molar-refractivity contribution in [3.63, 3.8) is 0 Å². The summed E-state index contributed by atoms with van der Waals surface area (Å²) in [5, 5.41) is 0.482. The largest absolute Gasteiger partial charge is 0.378 e. The fourth-order valence-corrected chi connectivity index (χ4v) is 7.15. The first-order valence-corrected chi connectivity index (χ1v) is 13.7. The molecular weight excluding hydrogens is 468 g/mol. The molecule has 0 amide bonds. The summed E-state index contributed by atoms with van der Waals surface area (Å²) >= 11 is 1.97. The van der Waals surface area contributed by atoms with Crippen molar-refractivity contribution in [1.82, 2.24) is 24.4 Å². The van der Waals surface area contributed by atoms with E-state index in [-0.39, 0.29) is 0 Å². The van der Waals surface area contributed by atoms with Gasteiger partial charge in [-0.3, -0.25) is 9.47 Å². The van der Waals surface area contributed by atoms with E-state index in [9.17, 15) is 0 Å². The van der Waals surface area contributed by atoms with Crippen LogP contribution in [0.2, 0.25) is 0 Å². The molecule has 8 heteroatoms. The van der Waals surface area contributed by atoms with Crippen molar-refractivity contribution >= 4 is 28.6 Å². The third-order valence-electron chi connectivity index (χ3n) is 7.52. The van der Waals surface area contributed by atoms with Gasteiger partial charge in [0.25, 0.3) is 0 Å². The average Bonchev–Trinajstić information content (AvgIpc) is 3.47. The van der Waals surface area contributed by atoms with E-state index in [1.54, 1.807) is 0 Å². The highest BCUT2D eigenvalue weighted by Gasteiger charge is 2.33. The Morgan fingerprint density at radius 1 is 0.944 bits per heavy atom. The van der Waals surface area contributed by atoms with Crippen LogP contribution in [0, 0.1) is 6.92 Å². The van der Waals surface area contributed by atoms with Crippen LogP contribution in [0.25, 0.3) is 17.0 Å². The van der Waals surface area contributed by atoms with E-state index < -0.39 is 0 Å². The van der Waals surface area contributed by atoms with E-state index in [1.165, 1.54) is 21.7 Å². The Balaban J connectivity index is 1.22. The van der Waals surface area contributed by atoms with Gasteiger partial charge in [-0.1, -0.05) is 36.4 Å². The maximum Gasteiger partial charge on any atom is 0.237 e. The molecule has 0 spiro atoms. The quantitative estimate of drug-likeness (QED) is 0.421. The number of para-hydroxylation sites is 2. The molecule has 7 nitrogen and oxygen atoms in total. The molecule has 2 aromatic carbocycles. The maximum atomic E-state index is 5.66. The third kappa shape index (κ3) is 3.97. The number of hydrogen-bond acceptors (Lipinski definition) is 7. The summed E-state index contributed by atoms with van der Waals surface area (Å²) < 4.78 is 7.77. The zero-order valence-electron chi connectivity index (χ0n) is 20.6. The summed E-state index contributed by atoms with van der Waals surface area (Å²) in [6, 6.07) is 17.1. The van der Waals surface area contributed by atoms with Crippen LogP contribution in [0.15, 0.2) is 53.4 Å².